The van der Waals surface area contributed by atoms with Gasteiger partial charge in [0, 0.05) is 46.7 Å². The van der Waals surface area contributed by atoms with E-state index >= 15 is 0 Å². The quantitative estimate of drug-likeness (QED) is 0.125. The molecule has 0 fully saturated rings. The van der Waals surface area contributed by atoms with E-state index in [1.165, 1.54) is 0 Å². The van der Waals surface area contributed by atoms with Crippen molar-refractivity contribution in [2.75, 3.05) is 0 Å². The summed E-state index contributed by atoms with van der Waals surface area (Å²) < 4.78 is 0. The van der Waals surface area contributed by atoms with Crippen LogP contribution in [0.25, 0.3) is 22.3 Å². The van der Waals surface area contributed by atoms with E-state index < -0.39 is 11.9 Å². The monoisotopic (exact) mass is 549 g/mol. The number of rotatable bonds is 10. The lowest BCUT2D eigenvalue weighted by atomic mass is 9.92. The molecule has 5 aromatic rings. The smallest absolute Gasteiger partial charge is 0.352 e. The number of hydrogen-bond acceptors (Lipinski definition) is 2. The lowest BCUT2D eigenvalue weighted by Gasteiger charge is -2.11. The zero-order valence-corrected chi connectivity index (χ0v) is 23.8. The van der Waals surface area contributed by atoms with Crippen LogP contribution in [0.3, 0.4) is 0 Å². The fraction of sp³-hybridized carbons (Fsp3) is 0.235. The van der Waals surface area contributed by atoms with Gasteiger partial charge in [-0.1, -0.05) is 74.5 Å². The molecule has 5 N–H and O–H groups in total. The van der Waals surface area contributed by atoms with Crippen molar-refractivity contribution >= 4 is 11.9 Å². The molecule has 0 amide bonds. The fourth-order valence-electron chi connectivity index (χ4n) is 6.16. The van der Waals surface area contributed by atoms with E-state index in [0.717, 1.165) is 67.3 Å². The second kappa shape index (κ2) is 11.4. The zero-order chi connectivity index (χ0) is 29.3. The van der Waals surface area contributed by atoms with E-state index in [2.05, 4.69) is 39.2 Å². The van der Waals surface area contributed by atoms with E-state index in [4.69, 9.17) is 0 Å². The molecule has 3 heterocycles. The van der Waals surface area contributed by atoms with Gasteiger partial charge in [0.25, 0.3) is 0 Å². The molecule has 0 aliphatic carbocycles. The molecule has 2 aromatic carbocycles. The van der Waals surface area contributed by atoms with Gasteiger partial charge in [0.15, 0.2) is 0 Å². The van der Waals surface area contributed by atoms with Gasteiger partial charge in [-0.05, 0) is 60.1 Å². The van der Waals surface area contributed by atoms with Gasteiger partial charge >= 0.3 is 11.9 Å². The Morgan fingerprint density at radius 2 is 0.951 bits per heavy atom. The summed E-state index contributed by atoms with van der Waals surface area (Å²) in [6, 6.07) is 20.4. The van der Waals surface area contributed by atoms with Crippen LogP contribution in [0.1, 0.15) is 79.9 Å². The first-order valence-corrected chi connectivity index (χ1v) is 14.0. The number of nitrogens with one attached hydrogen (secondary N) is 3. The van der Waals surface area contributed by atoms with Crippen molar-refractivity contribution in [1.82, 2.24) is 15.0 Å². The summed E-state index contributed by atoms with van der Waals surface area (Å²) in [6.45, 7) is 7.79. The minimum atomic E-state index is -0.965. The third kappa shape index (κ3) is 5.11. The summed E-state index contributed by atoms with van der Waals surface area (Å²) in [4.78, 5) is 34.0. The number of aromatic amines is 3. The highest BCUT2D eigenvalue weighted by Gasteiger charge is 2.25. The summed E-state index contributed by atoms with van der Waals surface area (Å²) in [6.07, 6.45) is 2.41. The first-order chi connectivity index (χ1) is 19.7. The molecular formula is C34H35N3O4. The summed E-state index contributed by atoms with van der Waals surface area (Å²) >= 11 is 0. The highest BCUT2D eigenvalue weighted by molar-refractivity contribution is 5.90. The number of benzene rings is 2. The van der Waals surface area contributed by atoms with Crippen LogP contribution in [0.4, 0.5) is 0 Å². The Kier molecular flexibility index (Phi) is 7.70. The Morgan fingerprint density at radius 3 is 1.27 bits per heavy atom. The number of H-pyrrole nitrogens is 3. The molecule has 0 aliphatic rings. The Hall–Kier alpha value is -4.78. The molecule has 41 heavy (non-hydrogen) atoms. The number of aromatic carboxylic acids is 2. The third-order valence-corrected chi connectivity index (χ3v) is 8.06. The molecule has 210 valence electrons. The maximum atomic E-state index is 11.9. The molecule has 0 saturated heterocycles. The van der Waals surface area contributed by atoms with Crippen molar-refractivity contribution in [3.8, 4) is 22.3 Å². The lowest BCUT2D eigenvalue weighted by Crippen LogP contribution is -2.00. The minimum absolute atomic E-state index is 0.226. The maximum Gasteiger partial charge on any atom is 0.352 e. The molecular weight excluding hydrogens is 514 g/mol. The van der Waals surface area contributed by atoms with Gasteiger partial charge in [0.05, 0.1) is 0 Å². The summed E-state index contributed by atoms with van der Waals surface area (Å²) in [5, 5.41) is 19.6. The van der Waals surface area contributed by atoms with Crippen molar-refractivity contribution in [3.05, 3.63) is 117 Å². The number of aromatic nitrogens is 3. The molecule has 0 spiro atoms. The standard InChI is InChI=1S/C34H35N3O4/c1-5-23-19(3)31(33(38)39)36-25(23)17-27-29(21-13-9-7-10-14-21)30(22-15-11-8-12-16-22)28(35-27)18-26-24(6-2)20(4)32(37-26)34(40)41/h7-16,35-37H,5-6,17-18H2,1-4H3,(H,38,39)(H,40,41). The SMILES string of the molecule is CCc1c(Cc2[nH]c(Cc3[nH]c(C(=O)O)c(C)c3CC)c(-c3ccccc3)c2-c2ccccc2)[nH]c(C(=O)O)c1C. The van der Waals surface area contributed by atoms with Crippen LogP contribution in [-0.2, 0) is 25.7 Å². The molecule has 0 bridgehead atoms. The van der Waals surface area contributed by atoms with E-state index in [1.54, 1.807) is 0 Å². The normalized spacial score (nSPS) is 11.2. The highest BCUT2D eigenvalue weighted by atomic mass is 16.4. The summed E-state index contributed by atoms with van der Waals surface area (Å²) in [7, 11) is 0. The number of carboxylic acid groups (broad SMARTS) is 2. The van der Waals surface area contributed by atoms with Gasteiger partial charge in [0.2, 0.25) is 0 Å². The Labute approximate surface area is 239 Å². The van der Waals surface area contributed by atoms with Gasteiger partial charge in [-0.2, -0.15) is 0 Å². The Bertz CT molecular complexity index is 1600. The largest absolute Gasteiger partial charge is 0.477 e. The van der Waals surface area contributed by atoms with Gasteiger partial charge < -0.3 is 25.2 Å². The molecule has 5 rings (SSSR count). The van der Waals surface area contributed by atoms with Crippen LogP contribution >= 0.6 is 0 Å². The van der Waals surface area contributed by atoms with Crippen molar-refractivity contribution in [1.29, 1.82) is 0 Å². The Morgan fingerprint density at radius 1 is 0.585 bits per heavy atom. The molecule has 0 atom stereocenters. The van der Waals surface area contributed by atoms with Crippen molar-refractivity contribution in [2.24, 2.45) is 0 Å². The Balaban J connectivity index is 1.75. The van der Waals surface area contributed by atoms with Crippen LogP contribution in [0.2, 0.25) is 0 Å². The van der Waals surface area contributed by atoms with Gasteiger partial charge in [-0.25, -0.2) is 9.59 Å². The molecule has 0 unspecified atom stereocenters. The predicted octanol–water partition coefficient (Wildman–Crippen LogP) is 7.32. The van der Waals surface area contributed by atoms with E-state index in [1.807, 2.05) is 64.1 Å². The number of carbonyl (C=O) groups is 2. The lowest BCUT2D eigenvalue weighted by molar-refractivity contribution is 0.0679. The second-order valence-corrected chi connectivity index (χ2v) is 10.4. The van der Waals surface area contributed by atoms with Crippen LogP contribution < -0.4 is 0 Å². The molecule has 7 heteroatoms. The molecule has 0 radical (unpaired) electrons. The van der Waals surface area contributed by atoms with Crippen LogP contribution in [0, 0.1) is 13.8 Å². The third-order valence-electron chi connectivity index (χ3n) is 8.06. The average molecular weight is 550 g/mol. The summed E-state index contributed by atoms with van der Waals surface area (Å²) in [5.74, 6) is -1.93. The average Bonchev–Trinajstić information content (AvgIpc) is 3.60. The van der Waals surface area contributed by atoms with E-state index in [-0.39, 0.29) is 11.4 Å². The van der Waals surface area contributed by atoms with Gasteiger partial charge in [-0.15, -0.1) is 0 Å². The molecule has 3 aromatic heterocycles. The fourth-order valence-corrected chi connectivity index (χ4v) is 6.16. The van der Waals surface area contributed by atoms with Gasteiger partial charge in [0.1, 0.15) is 11.4 Å². The minimum Gasteiger partial charge on any atom is -0.477 e. The van der Waals surface area contributed by atoms with Crippen LogP contribution in [-0.4, -0.2) is 37.1 Å². The van der Waals surface area contributed by atoms with Crippen LogP contribution in [0.15, 0.2) is 60.7 Å². The summed E-state index contributed by atoms with van der Waals surface area (Å²) in [5.41, 5.74) is 11.9. The highest BCUT2D eigenvalue weighted by Crippen LogP contribution is 2.40. The van der Waals surface area contributed by atoms with E-state index in [9.17, 15) is 19.8 Å². The topological polar surface area (TPSA) is 122 Å². The first kappa shape index (κ1) is 27.8. The molecule has 7 nitrogen and oxygen atoms in total. The van der Waals surface area contributed by atoms with Crippen molar-refractivity contribution in [3.63, 3.8) is 0 Å². The molecule has 0 aliphatic heterocycles. The van der Waals surface area contributed by atoms with Crippen molar-refractivity contribution < 1.29 is 19.8 Å². The second-order valence-electron chi connectivity index (χ2n) is 10.4. The van der Waals surface area contributed by atoms with Crippen molar-refractivity contribution in [2.45, 2.75) is 53.4 Å². The number of carboxylic acids is 2. The van der Waals surface area contributed by atoms with Gasteiger partial charge in [-0.3, -0.25) is 0 Å². The van der Waals surface area contributed by atoms with E-state index in [0.29, 0.717) is 25.7 Å². The molecule has 0 saturated carbocycles. The zero-order valence-electron chi connectivity index (χ0n) is 23.8. The first-order valence-electron chi connectivity index (χ1n) is 14.0. The maximum absolute atomic E-state index is 11.9. The predicted molar refractivity (Wildman–Crippen MR) is 161 cm³/mol. The number of hydrogen-bond donors (Lipinski definition) is 5. The van der Waals surface area contributed by atoms with Crippen LogP contribution in [0.5, 0.6) is 0 Å².